The molecule has 18 heavy (non-hydrogen) atoms. The molecule has 0 bridgehead atoms. The molecule has 0 atom stereocenters. The van der Waals surface area contributed by atoms with Gasteiger partial charge >= 0.3 is 0 Å². The highest BCUT2D eigenvalue weighted by molar-refractivity contribution is 5.97. The van der Waals surface area contributed by atoms with Crippen LogP contribution in [-0.4, -0.2) is 28.4 Å². The second-order valence-corrected chi connectivity index (χ2v) is 5.25. The second kappa shape index (κ2) is 5.33. The predicted molar refractivity (Wildman–Crippen MR) is 72.9 cm³/mol. The zero-order valence-corrected chi connectivity index (χ0v) is 11.1. The molecule has 5 nitrogen and oxygen atoms in total. The minimum Gasteiger partial charge on any atom is -0.382 e. The predicted octanol–water partition coefficient (Wildman–Crippen LogP) is 1.78. The summed E-state index contributed by atoms with van der Waals surface area (Å²) < 4.78 is 0. The summed E-state index contributed by atoms with van der Waals surface area (Å²) in [6.45, 7) is 5.39. The summed E-state index contributed by atoms with van der Waals surface area (Å²) in [5.41, 5.74) is 6.09. The number of nitrogen functional groups attached to an aromatic ring is 1. The number of hydrogen-bond acceptors (Lipinski definition) is 4. The van der Waals surface area contributed by atoms with Gasteiger partial charge in [-0.25, -0.2) is 9.97 Å². The number of nitrogens with two attached hydrogens (primary N) is 1. The SMILES string of the molecule is CC(C)CCN(c1nccnc1C(=N)N)C1CC1. The maximum Gasteiger partial charge on any atom is 0.158 e. The molecule has 1 aliphatic carbocycles. The van der Waals surface area contributed by atoms with Crippen molar-refractivity contribution in [1.82, 2.24) is 9.97 Å². The number of amidine groups is 1. The van der Waals surface area contributed by atoms with Gasteiger partial charge in [0.25, 0.3) is 0 Å². The van der Waals surface area contributed by atoms with Gasteiger partial charge in [0, 0.05) is 25.0 Å². The van der Waals surface area contributed by atoms with Crippen molar-refractivity contribution in [2.75, 3.05) is 11.4 Å². The molecular formula is C13H21N5. The molecule has 1 heterocycles. The number of rotatable bonds is 6. The van der Waals surface area contributed by atoms with E-state index in [0.717, 1.165) is 18.8 Å². The van der Waals surface area contributed by atoms with Crippen molar-refractivity contribution in [3.8, 4) is 0 Å². The van der Waals surface area contributed by atoms with Crippen molar-refractivity contribution in [3.63, 3.8) is 0 Å². The summed E-state index contributed by atoms with van der Waals surface area (Å²) >= 11 is 0. The average Bonchev–Trinajstić information content (AvgIpc) is 3.14. The van der Waals surface area contributed by atoms with Crippen molar-refractivity contribution < 1.29 is 0 Å². The van der Waals surface area contributed by atoms with E-state index in [2.05, 4.69) is 28.7 Å². The molecule has 0 unspecified atom stereocenters. The summed E-state index contributed by atoms with van der Waals surface area (Å²) in [6, 6.07) is 0.554. The fourth-order valence-electron chi connectivity index (χ4n) is 1.98. The Morgan fingerprint density at radius 3 is 2.67 bits per heavy atom. The standard InChI is InChI=1S/C13H21N5/c1-9(2)5-8-18(10-3-4-10)13-11(12(14)15)16-6-7-17-13/h6-7,9-10H,3-5,8H2,1-2H3,(H3,14,15). The van der Waals surface area contributed by atoms with Crippen LogP contribution in [0.15, 0.2) is 12.4 Å². The first-order chi connectivity index (χ1) is 8.59. The van der Waals surface area contributed by atoms with Gasteiger partial charge in [0.1, 0.15) is 11.5 Å². The average molecular weight is 247 g/mol. The van der Waals surface area contributed by atoms with E-state index >= 15 is 0 Å². The van der Waals surface area contributed by atoms with Crippen LogP contribution in [0.1, 0.15) is 38.8 Å². The third-order valence-corrected chi connectivity index (χ3v) is 3.14. The number of aromatic nitrogens is 2. The van der Waals surface area contributed by atoms with Crippen molar-refractivity contribution >= 4 is 11.7 Å². The van der Waals surface area contributed by atoms with Crippen LogP contribution in [-0.2, 0) is 0 Å². The van der Waals surface area contributed by atoms with E-state index in [4.69, 9.17) is 11.1 Å². The van der Waals surface area contributed by atoms with Crippen LogP contribution in [0.4, 0.5) is 5.82 Å². The summed E-state index contributed by atoms with van der Waals surface area (Å²) in [7, 11) is 0. The Morgan fingerprint density at radius 2 is 2.11 bits per heavy atom. The third kappa shape index (κ3) is 2.97. The quantitative estimate of drug-likeness (QED) is 0.593. The lowest BCUT2D eigenvalue weighted by molar-refractivity contribution is 0.568. The van der Waals surface area contributed by atoms with Crippen LogP contribution in [0.5, 0.6) is 0 Å². The minimum absolute atomic E-state index is 0.00621. The summed E-state index contributed by atoms with van der Waals surface area (Å²) in [6.07, 6.45) is 6.78. The lowest BCUT2D eigenvalue weighted by atomic mass is 10.1. The molecule has 0 aliphatic heterocycles. The smallest absolute Gasteiger partial charge is 0.158 e. The van der Waals surface area contributed by atoms with Crippen LogP contribution in [0, 0.1) is 11.3 Å². The van der Waals surface area contributed by atoms with Gasteiger partial charge in [-0.3, -0.25) is 5.41 Å². The summed E-state index contributed by atoms with van der Waals surface area (Å²) in [5, 5.41) is 7.60. The van der Waals surface area contributed by atoms with Crippen LogP contribution < -0.4 is 10.6 Å². The Hall–Kier alpha value is -1.65. The Kier molecular flexibility index (Phi) is 3.79. The summed E-state index contributed by atoms with van der Waals surface area (Å²) in [5.74, 6) is 1.42. The van der Waals surface area contributed by atoms with Gasteiger partial charge in [-0.05, 0) is 25.2 Å². The van der Waals surface area contributed by atoms with E-state index in [1.54, 1.807) is 12.4 Å². The molecule has 1 aromatic rings. The van der Waals surface area contributed by atoms with E-state index in [1.807, 2.05) is 0 Å². The molecule has 0 aromatic carbocycles. The largest absolute Gasteiger partial charge is 0.382 e. The highest BCUT2D eigenvalue weighted by atomic mass is 15.2. The molecule has 1 fully saturated rings. The van der Waals surface area contributed by atoms with Gasteiger partial charge < -0.3 is 10.6 Å². The van der Waals surface area contributed by atoms with Crippen LogP contribution in [0.25, 0.3) is 0 Å². The lowest BCUT2D eigenvalue weighted by Crippen LogP contribution is -2.31. The molecular weight excluding hydrogens is 226 g/mol. The van der Waals surface area contributed by atoms with Crippen LogP contribution in [0.3, 0.4) is 0 Å². The van der Waals surface area contributed by atoms with Gasteiger partial charge in [-0.1, -0.05) is 13.8 Å². The Balaban J connectivity index is 2.22. The van der Waals surface area contributed by atoms with Crippen molar-refractivity contribution in [2.45, 2.75) is 39.2 Å². The molecule has 1 aliphatic rings. The molecule has 0 radical (unpaired) electrons. The van der Waals surface area contributed by atoms with Gasteiger partial charge in [0.15, 0.2) is 5.82 Å². The fourth-order valence-corrected chi connectivity index (χ4v) is 1.98. The third-order valence-electron chi connectivity index (χ3n) is 3.14. The van der Waals surface area contributed by atoms with Crippen LogP contribution in [0.2, 0.25) is 0 Å². The molecule has 3 N–H and O–H groups in total. The first kappa shape index (κ1) is 12.8. The molecule has 0 amide bonds. The topological polar surface area (TPSA) is 78.9 Å². The van der Waals surface area contributed by atoms with E-state index < -0.39 is 0 Å². The van der Waals surface area contributed by atoms with E-state index in [0.29, 0.717) is 17.7 Å². The molecule has 1 saturated carbocycles. The zero-order chi connectivity index (χ0) is 13.1. The molecule has 0 spiro atoms. The maximum atomic E-state index is 7.60. The normalized spacial score (nSPS) is 14.8. The maximum absolute atomic E-state index is 7.60. The van der Waals surface area contributed by atoms with Gasteiger partial charge in [0.05, 0.1) is 0 Å². The number of hydrogen-bond donors (Lipinski definition) is 2. The number of anilines is 1. The molecule has 2 rings (SSSR count). The highest BCUT2D eigenvalue weighted by Crippen LogP contribution is 2.32. The van der Waals surface area contributed by atoms with Crippen LogP contribution >= 0.6 is 0 Å². The molecule has 1 aromatic heterocycles. The van der Waals surface area contributed by atoms with Crippen molar-refractivity contribution in [2.24, 2.45) is 11.7 Å². The first-order valence-electron chi connectivity index (χ1n) is 6.51. The first-order valence-corrected chi connectivity index (χ1v) is 6.51. The van der Waals surface area contributed by atoms with Gasteiger partial charge in [-0.2, -0.15) is 0 Å². The van der Waals surface area contributed by atoms with E-state index in [-0.39, 0.29) is 5.84 Å². The second-order valence-electron chi connectivity index (χ2n) is 5.25. The van der Waals surface area contributed by atoms with E-state index in [1.165, 1.54) is 12.8 Å². The Bertz CT molecular complexity index is 425. The highest BCUT2D eigenvalue weighted by Gasteiger charge is 2.31. The fraction of sp³-hybridized carbons (Fsp3) is 0.615. The Morgan fingerprint density at radius 1 is 1.44 bits per heavy atom. The zero-order valence-electron chi connectivity index (χ0n) is 11.1. The Labute approximate surface area is 108 Å². The number of nitrogens with zero attached hydrogens (tertiary/aromatic N) is 3. The monoisotopic (exact) mass is 247 g/mol. The molecule has 5 heteroatoms. The minimum atomic E-state index is -0.00621. The van der Waals surface area contributed by atoms with Crippen molar-refractivity contribution in [1.29, 1.82) is 5.41 Å². The van der Waals surface area contributed by atoms with Gasteiger partial charge in [0.2, 0.25) is 0 Å². The molecule has 98 valence electrons. The van der Waals surface area contributed by atoms with E-state index in [9.17, 15) is 0 Å². The molecule has 0 saturated heterocycles. The summed E-state index contributed by atoms with van der Waals surface area (Å²) in [4.78, 5) is 10.8. The van der Waals surface area contributed by atoms with Crippen molar-refractivity contribution in [3.05, 3.63) is 18.1 Å². The number of nitrogens with one attached hydrogen (secondary N) is 1. The van der Waals surface area contributed by atoms with Gasteiger partial charge in [-0.15, -0.1) is 0 Å². The lowest BCUT2D eigenvalue weighted by Gasteiger charge is -2.25.